The maximum Gasteiger partial charge on any atom is 0.149 e. The predicted molar refractivity (Wildman–Crippen MR) is 154 cm³/mol. The second kappa shape index (κ2) is 8.77. The second-order valence-corrected chi connectivity index (χ2v) is 11.3. The lowest BCUT2D eigenvalue weighted by Gasteiger charge is -2.18. The van der Waals surface area contributed by atoms with Crippen LogP contribution in [0, 0.1) is 19.3 Å². The van der Waals surface area contributed by atoms with Gasteiger partial charge in [0.2, 0.25) is 0 Å². The van der Waals surface area contributed by atoms with Gasteiger partial charge >= 0.3 is 0 Å². The van der Waals surface area contributed by atoms with Crippen LogP contribution in [0.25, 0.3) is 50.2 Å². The Labute approximate surface area is 218 Å². The van der Waals surface area contributed by atoms with E-state index < -0.39 is 0 Å². The Bertz CT molecular complexity index is 1720. The van der Waals surface area contributed by atoms with Crippen LogP contribution in [-0.4, -0.2) is 9.55 Å². The largest absolute Gasteiger partial charge is 0.464 e. The van der Waals surface area contributed by atoms with E-state index in [9.17, 15) is 0 Å². The van der Waals surface area contributed by atoms with Crippen molar-refractivity contribution in [1.29, 1.82) is 0 Å². The maximum absolute atomic E-state index is 6.05. The summed E-state index contributed by atoms with van der Waals surface area (Å²) >= 11 is 0. The zero-order valence-electron chi connectivity index (χ0n) is 22.2. The van der Waals surface area contributed by atoms with Gasteiger partial charge in [-0.05, 0) is 89.9 Å². The molecule has 6 aromatic rings. The van der Waals surface area contributed by atoms with E-state index in [1.165, 1.54) is 27.8 Å². The molecule has 4 aromatic carbocycles. The van der Waals surface area contributed by atoms with E-state index in [0.29, 0.717) is 0 Å². The van der Waals surface area contributed by atoms with E-state index in [4.69, 9.17) is 9.40 Å². The number of para-hydroxylation sites is 2. The predicted octanol–water partition coefficient (Wildman–Crippen LogP) is 9.31. The highest BCUT2D eigenvalue weighted by Gasteiger charge is 2.21. The van der Waals surface area contributed by atoms with E-state index in [1.807, 2.05) is 12.3 Å². The summed E-state index contributed by atoms with van der Waals surface area (Å²) in [5.74, 6) is 0.902. The number of benzene rings is 4. The Morgan fingerprint density at radius 1 is 0.811 bits per heavy atom. The van der Waals surface area contributed by atoms with Gasteiger partial charge in [-0.3, -0.25) is 4.57 Å². The number of nitrogens with zero attached hydrogens (tertiary/aromatic N) is 2. The van der Waals surface area contributed by atoms with Gasteiger partial charge < -0.3 is 4.42 Å². The highest BCUT2D eigenvalue weighted by Crippen LogP contribution is 2.37. The fourth-order valence-electron chi connectivity index (χ4n) is 5.57. The monoisotopic (exact) mass is 484 g/mol. The Morgan fingerprint density at radius 3 is 2.24 bits per heavy atom. The lowest BCUT2D eigenvalue weighted by atomic mass is 9.88. The molecule has 2 aromatic heterocycles. The third-order valence-electron chi connectivity index (χ3n) is 7.01. The van der Waals surface area contributed by atoms with Crippen molar-refractivity contribution in [2.75, 3.05) is 0 Å². The smallest absolute Gasteiger partial charge is 0.149 e. The number of hydrogen-bond acceptors (Lipinski definition) is 2. The molecule has 0 aliphatic rings. The quantitative estimate of drug-likeness (QED) is 0.250. The fraction of sp³-hybridized carbons (Fsp3) is 0.206. The average Bonchev–Trinajstić information content (AvgIpc) is 3.44. The zero-order chi connectivity index (χ0) is 25.7. The first-order valence-corrected chi connectivity index (χ1v) is 12.9. The normalized spacial score (nSPS) is 12.0. The molecule has 0 N–H and O–H groups in total. The summed E-state index contributed by atoms with van der Waals surface area (Å²) < 4.78 is 8.33. The molecule has 0 saturated heterocycles. The Hall–Kier alpha value is -4.11. The number of hydrogen-bond donors (Lipinski definition) is 0. The lowest BCUT2D eigenvalue weighted by Crippen LogP contribution is -2.08. The first kappa shape index (κ1) is 23.3. The highest BCUT2D eigenvalue weighted by atomic mass is 16.3. The van der Waals surface area contributed by atoms with Crippen molar-refractivity contribution in [2.45, 2.75) is 41.0 Å². The van der Waals surface area contributed by atoms with Crippen LogP contribution >= 0.6 is 0 Å². The van der Waals surface area contributed by atoms with Gasteiger partial charge in [0.25, 0.3) is 0 Å². The average molecular weight is 485 g/mol. The molecular formula is C34H32N2O. The van der Waals surface area contributed by atoms with Gasteiger partial charge in [0.1, 0.15) is 17.7 Å². The molecule has 0 spiro atoms. The Kier molecular flexibility index (Phi) is 5.52. The Balaban J connectivity index is 1.57. The van der Waals surface area contributed by atoms with Crippen LogP contribution in [0.1, 0.15) is 37.5 Å². The molecule has 2 heterocycles. The number of aryl methyl sites for hydroxylation is 2. The molecule has 184 valence electrons. The first-order chi connectivity index (χ1) is 17.8. The van der Waals surface area contributed by atoms with Crippen LogP contribution in [0.4, 0.5) is 0 Å². The van der Waals surface area contributed by atoms with E-state index >= 15 is 0 Å². The van der Waals surface area contributed by atoms with E-state index in [0.717, 1.165) is 45.5 Å². The van der Waals surface area contributed by atoms with Gasteiger partial charge in [-0.2, -0.15) is 0 Å². The molecule has 0 aliphatic heterocycles. The molecule has 0 amide bonds. The zero-order valence-corrected chi connectivity index (χ0v) is 22.2. The van der Waals surface area contributed by atoms with E-state index in [1.54, 1.807) is 0 Å². The molecule has 0 saturated carbocycles. The number of aromatic nitrogens is 2. The van der Waals surface area contributed by atoms with Crippen LogP contribution < -0.4 is 0 Å². The van der Waals surface area contributed by atoms with Crippen molar-refractivity contribution < 1.29 is 4.42 Å². The summed E-state index contributed by atoms with van der Waals surface area (Å²) in [7, 11) is 0. The van der Waals surface area contributed by atoms with Gasteiger partial charge in [-0.25, -0.2) is 4.98 Å². The molecule has 0 aliphatic carbocycles. The minimum absolute atomic E-state index is 0.209. The number of fused-ring (bicyclic) bond motifs is 2. The van der Waals surface area contributed by atoms with Gasteiger partial charge in [0, 0.05) is 11.1 Å². The minimum Gasteiger partial charge on any atom is -0.464 e. The number of furan rings is 1. The van der Waals surface area contributed by atoms with Gasteiger partial charge in [0.05, 0.1) is 16.6 Å². The highest BCUT2D eigenvalue weighted by molar-refractivity contribution is 5.95. The van der Waals surface area contributed by atoms with Crippen molar-refractivity contribution in [2.24, 2.45) is 5.41 Å². The topological polar surface area (TPSA) is 31.0 Å². The standard InChI is InChI=1S/C34H32N2O/c1-22-17-26(18-23(2)32(22)25-11-7-6-8-12-25)36-30-14-10-9-13-29(30)35-33(36)28-21-37-31-16-15-24(19-27(28)31)20-34(3,4)5/h6-19,21H,20H2,1-5H3. The fourth-order valence-corrected chi connectivity index (χ4v) is 5.57. The molecule has 3 heteroatoms. The molecule has 6 rings (SSSR count). The van der Waals surface area contributed by atoms with Crippen LogP contribution in [0.5, 0.6) is 0 Å². The minimum atomic E-state index is 0.209. The molecule has 0 fully saturated rings. The third kappa shape index (κ3) is 4.25. The van der Waals surface area contributed by atoms with Crippen LogP contribution in [-0.2, 0) is 6.42 Å². The van der Waals surface area contributed by atoms with Crippen molar-refractivity contribution in [1.82, 2.24) is 9.55 Å². The number of rotatable bonds is 4. The van der Waals surface area contributed by atoms with E-state index in [2.05, 4.69) is 118 Å². The molecular weight excluding hydrogens is 452 g/mol. The summed E-state index contributed by atoms with van der Waals surface area (Å²) in [5.41, 5.74) is 11.6. The van der Waals surface area contributed by atoms with Gasteiger partial charge in [-0.15, -0.1) is 0 Å². The summed E-state index contributed by atoms with van der Waals surface area (Å²) in [6, 6.07) is 30.1. The lowest BCUT2D eigenvalue weighted by molar-refractivity contribution is 0.411. The summed E-state index contributed by atoms with van der Waals surface area (Å²) in [6.45, 7) is 11.2. The van der Waals surface area contributed by atoms with Crippen LogP contribution in [0.15, 0.2) is 95.6 Å². The molecule has 0 bridgehead atoms. The maximum atomic E-state index is 6.05. The van der Waals surface area contributed by atoms with Gasteiger partial charge in [-0.1, -0.05) is 69.3 Å². The third-order valence-corrected chi connectivity index (χ3v) is 7.01. The van der Waals surface area contributed by atoms with Crippen molar-refractivity contribution >= 4 is 22.0 Å². The number of imidazole rings is 1. The summed E-state index contributed by atoms with van der Waals surface area (Å²) in [6.07, 6.45) is 2.87. The van der Waals surface area contributed by atoms with Crippen LogP contribution in [0.3, 0.4) is 0 Å². The van der Waals surface area contributed by atoms with Crippen molar-refractivity contribution in [3.63, 3.8) is 0 Å². The molecule has 0 atom stereocenters. The first-order valence-electron chi connectivity index (χ1n) is 12.9. The second-order valence-electron chi connectivity index (χ2n) is 11.3. The summed E-state index contributed by atoms with van der Waals surface area (Å²) in [5, 5.41) is 1.10. The summed E-state index contributed by atoms with van der Waals surface area (Å²) in [4.78, 5) is 5.13. The molecule has 0 radical (unpaired) electrons. The Morgan fingerprint density at radius 2 is 1.51 bits per heavy atom. The van der Waals surface area contributed by atoms with Gasteiger partial charge in [0.15, 0.2) is 0 Å². The van der Waals surface area contributed by atoms with Crippen LogP contribution in [0.2, 0.25) is 0 Å². The molecule has 3 nitrogen and oxygen atoms in total. The van der Waals surface area contributed by atoms with E-state index in [-0.39, 0.29) is 5.41 Å². The molecule has 0 unspecified atom stereocenters. The SMILES string of the molecule is Cc1cc(-n2c(-c3coc4ccc(CC(C)(C)C)cc34)nc3ccccc32)cc(C)c1-c1ccccc1. The van der Waals surface area contributed by atoms with Crippen molar-refractivity contribution in [3.05, 3.63) is 108 Å². The van der Waals surface area contributed by atoms with Crippen molar-refractivity contribution in [3.8, 4) is 28.2 Å². The molecule has 37 heavy (non-hydrogen) atoms.